The van der Waals surface area contributed by atoms with Gasteiger partial charge in [0, 0.05) is 0 Å². The Kier molecular flexibility index (Phi) is 3.93. The van der Waals surface area contributed by atoms with Crippen molar-refractivity contribution >= 4 is 11.8 Å². The standard InChI is InChI=1S/C12H11N5O2S/c1-2-4-9(5-3-1)18-6-10-15-16-11(19-10)7-20-12-13-8-14-17-12/h1-5,8H,6-7H2,(H,13,14,17). The quantitative estimate of drug-likeness (QED) is 0.694. The maximum Gasteiger partial charge on any atom is 0.253 e. The molecule has 2 aromatic heterocycles. The van der Waals surface area contributed by atoms with Gasteiger partial charge in [0.05, 0.1) is 5.75 Å². The second-order valence-corrected chi connectivity index (χ2v) is 4.73. The fourth-order valence-corrected chi connectivity index (χ4v) is 2.08. The van der Waals surface area contributed by atoms with Gasteiger partial charge in [0.15, 0.2) is 11.8 Å². The lowest BCUT2D eigenvalue weighted by molar-refractivity contribution is 0.260. The summed E-state index contributed by atoms with van der Waals surface area (Å²) in [6.07, 6.45) is 1.45. The third-order valence-corrected chi connectivity index (χ3v) is 3.20. The van der Waals surface area contributed by atoms with Crippen molar-refractivity contribution in [3.05, 3.63) is 48.4 Å². The summed E-state index contributed by atoms with van der Waals surface area (Å²) in [5.74, 6) is 2.27. The van der Waals surface area contributed by atoms with E-state index in [0.29, 0.717) is 22.7 Å². The second-order valence-electron chi connectivity index (χ2n) is 3.77. The Labute approximate surface area is 118 Å². The van der Waals surface area contributed by atoms with E-state index in [2.05, 4.69) is 25.4 Å². The Morgan fingerprint density at radius 1 is 1.15 bits per heavy atom. The third kappa shape index (κ3) is 3.35. The number of nitrogens with one attached hydrogen (secondary N) is 1. The van der Waals surface area contributed by atoms with Crippen LogP contribution in [0.5, 0.6) is 5.75 Å². The van der Waals surface area contributed by atoms with E-state index in [-0.39, 0.29) is 6.61 Å². The number of ether oxygens (including phenoxy) is 1. The summed E-state index contributed by atoms with van der Waals surface area (Å²) in [7, 11) is 0. The number of aromatic amines is 1. The second kappa shape index (κ2) is 6.20. The van der Waals surface area contributed by atoms with Crippen LogP contribution < -0.4 is 4.74 Å². The summed E-state index contributed by atoms with van der Waals surface area (Å²) in [4.78, 5) is 4.00. The maximum atomic E-state index is 5.52. The third-order valence-electron chi connectivity index (χ3n) is 2.34. The van der Waals surface area contributed by atoms with Crippen LogP contribution in [-0.4, -0.2) is 25.4 Å². The van der Waals surface area contributed by atoms with Crippen molar-refractivity contribution in [3.8, 4) is 5.75 Å². The zero-order valence-corrected chi connectivity index (χ0v) is 11.2. The van der Waals surface area contributed by atoms with Crippen LogP contribution in [0.3, 0.4) is 0 Å². The van der Waals surface area contributed by atoms with Gasteiger partial charge < -0.3 is 9.15 Å². The van der Waals surface area contributed by atoms with Crippen LogP contribution in [0.15, 0.2) is 46.2 Å². The SMILES string of the molecule is c1ccc(OCc2nnc(CSc3ncn[nH]3)o2)cc1. The molecule has 3 rings (SSSR count). The number of H-pyrrole nitrogens is 1. The molecule has 0 saturated carbocycles. The number of hydrogen-bond donors (Lipinski definition) is 1. The highest BCUT2D eigenvalue weighted by molar-refractivity contribution is 7.98. The van der Waals surface area contributed by atoms with Crippen molar-refractivity contribution in [2.75, 3.05) is 0 Å². The lowest BCUT2D eigenvalue weighted by atomic mass is 10.3. The lowest BCUT2D eigenvalue weighted by Crippen LogP contribution is -1.95. The summed E-state index contributed by atoms with van der Waals surface area (Å²) in [6, 6.07) is 9.48. The normalized spacial score (nSPS) is 10.6. The number of para-hydroxylation sites is 1. The van der Waals surface area contributed by atoms with Crippen LogP contribution in [0.25, 0.3) is 0 Å². The van der Waals surface area contributed by atoms with Crippen LogP contribution in [0.4, 0.5) is 0 Å². The van der Waals surface area contributed by atoms with E-state index in [4.69, 9.17) is 9.15 Å². The van der Waals surface area contributed by atoms with Gasteiger partial charge in [-0.1, -0.05) is 30.0 Å². The predicted molar refractivity (Wildman–Crippen MR) is 71.0 cm³/mol. The monoisotopic (exact) mass is 289 g/mol. The highest BCUT2D eigenvalue weighted by Crippen LogP contribution is 2.17. The van der Waals surface area contributed by atoms with Gasteiger partial charge in [-0.15, -0.1) is 10.2 Å². The number of nitrogens with zero attached hydrogens (tertiary/aromatic N) is 4. The highest BCUT2D eigenvalue weighted by Gasteiger charge is 2.08. The molecule has 1 N–H and O–H groups in total. The molecule has 0 amide bonds. The molecule has 0 aliphatic heterocycles. The number of benzene rings is 1. The van der Waals surface area contributed by atoms with E-state index in [1.807, 2.05) is 30.3 Å². The van der Waals surface area contributed by atoms with Crippen LogP contribution in [0, 0.1) is 0 Å². The molecule has 0 radical (unpaired) electrons. The molecule has 0 spiro atoms. The molecule has 20 heavy (non-hydrogen) atoms. The molecule has 0 unspecified atom stereocenters. The molecule has 7 nitrogen and oxygen atoms in total. The summed E-state index contributed by atoms with van der Waals surface area (Å²) >= 11 is 1.44. The smallest absolute Gasteiger partial charge is 0.253 e. The number of rotatable bonds is 6. The van der Waals surface area contributed by atoms with Gasteiger partial charge in [0.2, 0.25) is 5.89 Å². The lowest BCUT2D eigenvalue weighted by Gasteiger charge is -2.01. The van der Waals surface area contributed by atoms with Crippen molar-refractivity contribution in [1.29, 1.82) is 0 Å². The highest BCUT2D eigenvalue weighted by atomic mass is 32.2. The first-order chi connectivity index (χ1) is 9.90. The maximum absolute atomic E-state index is 5.52. The van der Waals surface area contributed by atoms with Crippen molar-refractivity contribution < 1.29 is 9.15 Å². The van der Waals surface area contributed by atoms with Gasteiger partial charge in [-0.05, 0) is 12.1 Å². The van der Waals surface area contributed by atoms with Gasteiger partial charge in [-0.25, -0.2) is 4.98 Å². The summed E-state index contributed by atoms with van der Waals surface area (Å²) < 4.78 is 11.0. The number of aromatic nitrogens is 5. The van der Waals surface area contributed by atoms with Gasteiger partial charge >= 0.3 is 0 Å². The minimum atomic E-state index is 0.254. The molecule has 0 bridgehead atoms. The minimum Gasteiger partial charge on any atom is -0.484 e. The van der Waals surface area contributed by atoms with E-state index in [9.17, 15) is 0 Å². The largest absolute Gasteiger partial charge is 0.484 e. The van der Waals surface area contributed by atoms with Crippen molar-refractivity contribution in [3.63, 3.8) is 0 Å². The topological polar surface area (TPSA) is 89.7 Å². The van der Waals surface area contributed by atoms with Gasteiger partial charge in [0.25, 0.3) is 5.89 Å². The summed E-state index contributed by atoms with van der Waals surface area (Å²) in [5, 5.41) is 15.1. The molecule has 2 heterocycles. The molecule has 0 fully saturated rings. The first kappa shape index (κ1) is 12.7. The predicted octanol–water partition coefficient (Wildman–Crippen LogP) is 2.06. The molecule has 1 aromatic carbocycles. The molecule has 102 valence electrons. The van der Waals surface area contributed by atoms with Crippen LogP contribution >= 0.6 is 11.8 Å². The van der Waals surface area contributed by atoms with E-state index in [1.165, 1.54) is 18.1 Å². The van der Waals surface area contributed by atoms with Gasteiger partial charge in [-0.2, -0.15) is 5.10 Å². The van der Waals surface area contributed by atoms with E-state index < -0.39 is 0 Å². The first-order valence-electron chi connectivity index (χ1n) is 5.87. The van der Waals surface area contributed by atoms with Crippen LogP contribution in [-0.2, 0) is 12.4 Å². The Balaban J connectivity index is 1.51. The van der Waals surface area contributed by atoms with Gasteiger partial charge in [-0.3, -0.25) is 5.10 Å². The van der Waals surface area contributed by atoms with Crippen LogP contribution in [0.1, 0.15) is 11.8 Å². The molecule has 0 atom stereocenters. The molecule has 0 aliphatic rings. The summed E-state index contributed by atoms with van der Waals surface area (Å²) in [5.41, 5.74) is 0. The van der Waals surface area contributed by atoms with Crippen molar-refractivity contribution in [1.82, 2.24) is 25.4 Å². The fourth-order valence-electron chi connectivity index (χ4n) is 1.46. The summed E-state index contributed by atoms with van der Waals surface area (Å²) in [6.45, 7) is 0.254. The minimum absolute atomic E-state index is 0.254. The molecule has 3 aromatic rings. The molecular weight excluding hydrogens is 278 g/mol. The van der Waals surface area contributed by atoms with Crippen molar-refractivity contribution in [2.45, 2.75) is 17.5 Å². The molecule has 8 heteroatoms. The Morgan fingerprint density at radius 3 is 2.80 bits per heavy atom. The van der Waals surface area contributed by atoms with Gasteiger partial charge in [0.1, 0.15) is 12.1 Å². The average Bonchev–Trinajstić information content (AvgIpc) is 3.16. The average molecular weight is 289 g/mol. The Bertz CT molecular complexity index is 641. The molecule has 0 aliphatic carbocycles. The Hall–Kier alpha value is -2.35. The Morgan fingerprint density at radius 2 is 2.00 bits per heavy atom. The number of thioether (sulfide) groups is 1. The first-order valence-corrected chi connectivity index (χ1v) is 6.86. The molecular formula is C12H11N5O2S. The van der Waals surface area contributed by atoms with Crippen LogP contribution in [0.2, 0.25) is 0 Å². The zero-order chi connectivity index (χ0) is 13.6. The zero-order valence-electron chi connectivity index (χ0n) is 10.4. The van der Waals surface area contributed by atoms with E-state index >= 15 is 0 Å². The van der Waals surface area contributed by atoms with E-state index in [0.717, 1.165) is 5.75 Å². The van der Waals surface area contributed by atoms with Crippen molar-refractivity contribution in [2.24, 2.45) is 0 Å². The van der Waals surface area contributed by atoms with E-state index in [1.54, 1.807) is 0 Å². The molecule has 0 saturated heterocycles. The number of hydrogen-bond acceptors (Lipinski definition) is 7. The fraction of sp³-hybridized carbons (Fsp3) is 0.167.